The molecule has 2 aromatic carbocycles. The lowest BCUT2D eigenvalue weighted by molar-refractivity contribution is -0.131. The van der Waals surface area contributed by atoms with Crippen molar-refractivity contribution in [1.29, 1.82) is 0 Å². The second-order valence-corrected chi connectivity index (χ2v) is 15.2. The molecular formula is C38H43ClN8O3. The molecule has 0 radical (unpaired) electrons. The summed E-state index contributed by atoms with van der Waals surface area (Å²) in [6.45, 7) is 6.57. The van der Waals surface area contributed by atoms with E-state index in [4.69, 9.17) is 30.8 Å². The molecule has 0 bridgehead atoms. The summed E-state index contributed by atoms with van der Waals surface area (Å²) in [5.41, 5.74) is 3.40. The first-order chi connectivity index (χ1) is 24.4. The van der Waals surface area contributed by atoms with Gasteiger partial charge in [0.25, 0.3) is 5.89 Å². The van der Waals surface area contributed by atoms with Crippen molar-refractivity contribution in [2.75, 3.05) is 62.7 Å². The van der Waals surface area contributed by atoms with E-state index >= 15 is 0 Å². The van der Waals surface area contributed by atoms with E-state index in [2.05, 4.69) is 56.2 Å². The molecule has 4 aliphatic heterocycles. The third-order valence-electron chi connectivity index (χ3n) is 11.4. The molecular weight excluding hydrogens is 652 g/mol. The molecule has 1 aliphatic carbocycles. The maximum Gasteiger partial charge on any atom is 0.318 e. The maximum atomic E-state index is 12.9. The van der Waals surface area contributed by atoms with Crippen LogP contribution in [0.4, 0.5) is 11.5 Å². The van der Waals surface area contributed by atoms with Crippen LogP contribution in [0.5, 0.6) is 6.01 Å². The number of ether oxygens (including phenoxy) is 1. The zero-order chi connectivity index (χ0) is 33.8. The molecule has 12 heteroatoms. The molecule has 0 unspecified atom stereocenters. The van der Waals surface area contributed by atoms with Crippen LogP contribution in [0.2, 0.25) is 5.02 Å². The Kier molecular flexibility index (Phi) is 8.15. The standard InChI is InChI=1S/C38H43ClN8O3/c1-44(20-25-21-46(22-25)33(48)13-12-32-41-35(43-50-32)27-10-11-27)36-28-14-19-45(31-9-3-7-26-6-2-8-29(39)34(26)31)23-30(28)40-37(42-36)49-24-38-15-4-17-47(38)18-5-16-38/h2-3,6-9,12-13,25,27H,4-5,10-11,14-24H2,1H3/b13-12+. The minimum atomic E-state index is -0.0361. The highest BCUT2D eigenvalue weighted by atomic mass is 35.5. The molecule has 260 valence electrons. The van der Waals surface area contributed by atoms with Crippen molar-refractivity contribution in [2.45, 2.75) is 62.9 Å². The average Bonchev–Trinajstić information content (AvgIpc) is 3.51. The summed E-state index contributed by atoms with van der Waals surface area (Å²) in [5, 5.41) is 6.99. The van der Waals surface area contributed by atoms with Crippen molar-refractivity contribution in [3.8, 4) is 6.01 Å². The minimum absolute atomic E-state index is 0.0361. The Balaban J connectivity index is 0.923. The van der Waals surface area contributed by atoms with Gasteiger partial charge < -0.3 is 24.0 Å². The highest BCUT2D eigenvalue weighted by Crippen LogP contribution is 2.41. The molecule has 9 rings (SSSR count). The van der Waals surface area contributed by atoms with Gasteiger partial charge in [-0.3, -0.25) is 9.69 Å². The van der Waals surface area contributed by atoms with Crippen molar-refractivity contribution in [1.82, 2.24) is 29.9 Å². The van der Waals surface area contributed by atoms with E-state index in [1.165, 1.54) is 31.2 Å². The molecule has 3 saturated heterocycles. The Hall–Kier alpha value is -4.22. The quantitative estimate of drug-likeness (QED) is 0.192. The molecule has 6 heterocycles. The summed E-state index contributed by atoms with van der Waals surface area (Å²) in [7, 11) is 2.11. The van der Waals surface area contributed by atoms with E-state index in [1.807, 2.05) is 17.0 Å². The molecule has 11 nitrogen and oxygen atoms in total. The van der Waals surface area contributed by atoms with Gasteiger partial charge in [-0.2, -0.15) is 15.0 Å². The van der Waals surface area contributed by atoms with Gasteiger partial charge in [0.05, 0.1) is 22.8 Å². The maximum absolute atomic E-state index is 12.9. The number of hydrogen-bond acceptors (Lipinski definition) is 10. The van der Waals surface area contributed by atoms with Crippen LogP contribution in [0, 0.1) is 5.92 Å². The van der Waals surface area contributed by atoms with Gasteiger partial charge in [-0.15, -0.1) is 0 Å². The molecule has 4 fully saturated rings. The van der Waals surface area contributed by atoms with Gasteiger partial charge >= 0.3 is 6.01 Å². The summed E-state index contributed by atoms with van der Waals surface area (Å²) >= 11 is 6.76. The van der Waals surface area contributed by atoms with E-state index in [1.54, 1.807) is 12.2 Å². The van der Waals surface area contributed by atoms with Crippen molar-refractivity contribution in [3.63, 3.8) is 0 Å². The fraction of sp³-hybridized carbons (Fsp3) is 0.500. The SMILES string of the molecule is CN(CC1CN(C(=O)/C=C/c2nc(C3CC3)no2)C1)c1nc(OCC23CCCN2CCC3)nc2c1CCN(c1cccc3cccc(Cl)c13)C2. The second kappa shape index (κ2) is 12.8. The molecule has 5 aliphatic rings. The summed E-state index contributed by atoms with van der Waals surface area (Å²) < 4.78 is 11.8. The van der Waals surface area contributed by atoms with Gasteiger partial charge in [0.15, 0.2) is 5.82 Å². The molecule has 0 N–H and O–H groups in total. The van der Waals surface area contributed by atoms with E-state index in [-0.39, 0.29) is 11.4 Å². The second-order valence-electron chi connectivity index (χ2n) is 14.8. The number of hydrogen-bond donors (Lipinski definition) is 0. The normalized spacial score (nSPS) is 20.4. The van der Waals surface area contributed by atoms with Crippen molar-refractivity contribution in [2.24, 2.45) is 5.92 Å². The number of aromatic nitrogens is 4. The first-order valence-electron chi connectivity index (χ1n) is 18.1. The predicted octanol–water partition coefficient (Wildman–Crippen LogP) is 5.72. The van der Waals surface area contributed by atoms with E-state index in [0.29, 0.717) is 50.0 Å². The number of anilines is 2. The van der Waals surface area contributed by atoms with Crippen LogP contribution in [0.15, 0.2) is 47.0 Å². The predicted molar refractivity (Wildman–Crippen MR) is 193 cm³/mol. The van der Waals surface area contributed by atoms with Crippen molar-refractivity contribution in [3.05, 3.63) is 70.5 Å². The van der Waals surface area contributed by atoms with E-state index in [0.717, 1.165) is 84.3 Å². The Bertz CT molecular complexity index is 1940. The molecule has 50 heavy (non-hydrogen) atoms. The van der Waals surface area contributed by atoms with E-state index in [9.17, 15) is 4.79 Å². The van der Waals surface area contributed by atoms with Crippen LogP contribution in [0.1, 0.15) is 67.4 Å². The third-order valence-corrected chi connectivity index (χ3v) is 11.7. The number of amides is 1. The third kappa shape index (κ3) is 5.98. The fourth-order valence-electron chi connectivity index (χ4n) is 8.58. The number of nitrogens with zero attached hydrogens (tertiary/aromatic N) is 8. The summed E-state index contributed by atoms with van der Waals surface area (Å²) in [6, 6.07) is 12.9. The summed E-state index contributed by atoms with van der Waals surface area (Å²) in [5.74, 6) is 2.78. The summed E-state index contributed by atoms with van der Waals surface area (Å²) in [6.07, 6.45) is 11.0. The van der Waals surface area contributed by atoms with Gasteiger partial charge in [0, 0.05) is 73.9 Å². The lowest BCUT2D eigenvalue weighted by Crippen LogP contribution is -2.53. The highest BCUT2D eigenvalue weighted by molar-refractivity contribution is 6.36. The number of halogens is 1. The Morgan fingerprint density at radius 1 is 1.08 bits per heavy atom. The lowest BCUT2D eigenvalue weighted by atomic mass is 9.95. The highest BCUT2D eigenvalue weighted by Gasteiger charge is 2.45. The first-order valence-corrected chi connectivity index (χ1v) is 18.5. The molecule has 0 spiro atoms. The Morgan fingerprint density at radius 3 is 2.68 bits per heavy atom. The zero-order valence-corrected chi connectivity index (χ0v) is 29.3. The molecule has 4 aromatic rings. The number of rotatable bonds is 10. The Labute approximate surface area is 297 Å². The van der Waals surface area contributed by atoms with Crippen molar-refractivity contribution >= 4 is 45.9 Å². The van der Waals surface area contributed by atoms with Gasteiger partial charge in [-0.1, -0.05) is 41.0 Å². The smallest absolute Gasteiger partial charge is 0.318 e. The number of benzene rings is 2. The summed E-state index contributed by atoms with van der Waals surface area (Å²) in [4.78, 5) is 36.5. The molecule has 1 amide bonds. The largest absolute Gasteiger partial charge is 0.461 e. The number of carbonyl (C=O) groups is 1. The monoisotopic (exact) mass is 694 g/mol. The van der Waals surface area contributed by atoms with E-state index < -0.39 is 0 Å². The number of fused-ring (bicyclic) bond motifs is 3. The minimum Gasteiger partial charge on any atom is -0.461 e. The van der Waals surface area contributed by atoms with Crippen LogP contribution in [0.3, 0.4) is 0 Å². The first kappa shape index (κ1) is 31.7. The van der Waals surface area contributed by atoms with Gasteiger partial charge in [-0.05, 0) is 75.6 Å². The molecule has 0 atom stereocenters. The van der Waals surface area contributed by atoms with Crippen molar-refractivity contribution < 1.29 is 14.1 Å². The molecule has 1 saturated carbocycles. The Morgan fingerprint density at radius 2 is 1.88 bits per heavy atom. The van der Waals surface area contributed by atoms with Crippen LogP contribution >= 0.6 is 11.6 Å². The van der Waals surface area contributed by atoms with Crippen LogP contribution in [-0.4, -0.2) is 94.3 Å². The lowest BCUT2D eigenvalue weighted by Gasteiger charge is -2.41. The number of carbonyl (C=O) groups excluding carboxylic acids is 1. The van der Waals surface area contributed by atoms with Crippen LogP contribution in [0.25, 0.3) is 16.8 Å². The molecule has 2 aromatic heterocycles. The van der Waals surface area contributed by atoms with Crippen LogP contribution < -0.4 is 14.5 Å². The topological polar surface area (TPSA) is 104 Å². The zero-order valence-electron chi connectivity index (χ0n) is 28.6. The fourth-order valence-corrected chi connectivity index (χ4v) is 8.86. The number of likely N-dealkylation sites (tertiary alicyclic amines) is 1. The van der Waals surface area contributed by atoms with Gasteiger partial charge in [0.1, 0.15) is 12.4 Å². The average molecular weight is 695 g/mol. The van der Waals surface area contributed by atoms with Crippen LogP contribution in [-0.2, 0) is 17.8 Å². The van der Waals surface area contributed by atoms with Gasteiger partial charge in [0.2, 0.25) is 5.91 Å². The van der Waals surface area contributed by atoms with Gasteiger partial charge in [-0.25, -0.2) is 0 Å².